The van der Waals surface area contributed by atoms with E-state index >= 15 is 0 Å². The first kappa shape index (κ1) is 12.0. The number of nitrogens with one attached hydrogen (secondary N) is 1. The quantitative estimate of drug-likeness (QED) is 0.661. The van der Waals surface area contributed by atoms with Gasteiger partial charge in [0.25, 0.3) is 0 Å². The van der Waals surface area contributed by atoms with Gasteiger partial charge in [-0.05, 0) is 25.5 Å². The maximum atomic E-state index is 11.2. The molecule has 0 bridgehead atoms. The molecule has 1 aliphatic heterocycles. The van der Waals surface area contributed by atoms with Crippen molar-refractivity contribution in [3.05, 3.63) is 35.6 Å². The predicted molar refractivity (Wildman–Crippen MR) is 57.8 cm³/mol. The van der Waals surface area contributed by atoms with Crippen molar-refractivity contribution in [3.63, 3.8) is 0 Å². The molecule has 0 spiro atoms. The van der Waals surface area contributed by atoms with Gasteiger partial charge in [-0.2, -0.15) is 0 Å². The van der Waals surface area contributed by atoms with Gasteiger partial charge in [0.05, 0.1) is 5.57 Å². The second kappa shape index (κ2) is 3.84. The van der Waals surface area contributed by atoms with Crippen LogP contribution in [0.5, 0.6) is 0 Å². The highest BCUT2D eigenvalue weighted by molar-refractivity contribution is 6.01. The summed E-state index contributed by atoms with van der Waals surface area (Å²) >= 11 is 0. The van der Waals surface area contributed by atoms with Gasteiger partial charge in [0.15, 0.2) is 5.54 Å². The van der Waals surface area contributed by atoms with Crippen LogP contribution in [0.1, 0.15) is 13.8 Å². The van der Waals surface area contributed by atoms with Crippen LogP contribution >= 0.6 is 0 Å². The van der Waals surface area contributed by atoms with E-state index in [-0.39, 0.29) is 5.57 Å². The van der Waals surface area contributed by atoms with Crippen LogP contribution in [0.4, 0.5) is 0 Å². The van der Waals surface area contributed by atoms with E-state index in [0.717, 1.165) is 0 Å². The maximum Gasteiger partial charge on any atom is 0.335 e. The molecule has 86 valence electrons. The van der Waals surface area contributed by atoms with E-state index < -0.39 is 17.5 Å². The standard InChI is InChI=1S/C11H13NO4/c1-4-7-5-6(2)12-11(3,10(15)16)8(7)9(13)14/h4-5,12H,1H2,2-3H3,(H,13,14)(H,15,16). The fourth-order valence-corrected chi connectivity index (χ4v) is 1.75. The van der Waals surface area contributed by atoms with Gasteiger partial charge >= 0.3 is 11.9 Å². The Morgan fingerprint density at radius 1 is 1.50 bits per heavy atom. The molecule has 0 fully saturated rings. The summed E-state index contributed by atoms with van der Waals surface area (Å²) in [4.78, 5) is 22.3. The highest BCUT2D eigenvalue weighted by Gasteiger charge is 2.44. The summed E-state index contributed by atoms with van der Waals surface area (Å²) in [6, 6.07) is 0. The third-order valence-electron chi connectivity index (χ3n) is 2.47. The van der Waals surface area contributed by atoms with Crippen molar-refractivity contribution >= 4 is 11.9 Å². The Morgan fingerprint density at radius 3 is 2.44 bits per heavy atom. The van der Waals surface area contributed by atoms with Crippen LogP contribution in [-0.2, 0) is 9.59 Å². The van der Waals surface area contributed by atoms with E-state index in [1.165, 1.54) is 13.0 Å². The van der Waals surface area contributed by atoms with E-state index in [1.807, 2.05) is 0 Å². The zero-order valence-corrected chi connectivity index (χ0v) is 9.07. The van der Waals surface area contributed by atoms with Gasteiger partial charge in [0.1, 0.15) is 0 Å². The summed E-state index contributed by atoms with van der Waals surface area (Å²) in [6.07, 6.45) is 2.90. The number of hydrogen-bond donors (Lipinski definition) is 3. The van der Waals surface area contributed by atoms with Crippen LogP contribution < -0.4 is 5.32 Å². The zero-order valence-electron chi connectivity index (χ0n) is 9.07. The molecule has 5 nitrogen and oxygen atoms in total. The number of aliphatic carboxylic acids is 2. The summed E-state index contributed by atoms with van der Waals surface area (Å²) in [5, 5.41) is 20.9. The summed E-state index contributed by atoms with van der Waals surface area (Å²) in [6.45, 7) is 6.48. The number of carboxylic acids is 2. The predicted octanol–water partition coefficient (Wildman–Crippen LogP) is 0.904. The van der Waals surface area contributed by atoms with Gasteiger partial charge < -0.3 is 15.5 Å². The van der Waals surface area contributed by atoms with Crippen LogP contribution in [0, 0.1) is 0 Å². The first-order chi connectivity index (χ1) is 7.32. The Labute approximate surface area is 92.8 Å². The monoisotopic (exact) mass is 223 g/mol. The zero-order chi connectivity index (χ0) is 12.5. The molecule has 1 unspecified atom stereocenters. The van der Waals surface area contributed by atoms with Crippen molar-refractivity contribution in [3.8, 4) is 0 Å². The van der Waals surface area contributed by atoms with Gasteiger partial charge in [-0.15, -0.1) is 0 Å². The number of carbonyl (C=O) groups is 2. The minimum atomic E-state index is -1.63. The first-order valence-electron chi connectivity index (χ1n) is 4.63. The van der Waals surface area contributed by atoms with E-state index in [9.17, 15) is 9.59 Å². The molecule has 1 atom stereocenters. The molecule has 0 aromatic rings. The average molecular weight is 223 g/mol. The molecule has 0 amide bonds. The van der Waals surface area contributed by atoms with Crippen molar-refractivity contribution in [2.75, 3.05) is 0 Å². The summed E-state index contributed by atoms with van der Waals surface area (Å²) in [7, 11) is 0. The van der Waals surface area contributed by atoms with Crippen molar-refractivity contribution in [1.29, 1.82) is 0 Å². The molecule has 0 aromatic carbocycles. The minimum absolute atomic E-state index is 0.208. The van der Waals surface area contributed by atoms with Crippen LogP contribution in [0.2, 0.25) is 0 Å². The van der Waals surface area contributed by atoms with Crippen molar-refractivity contribution < 1.29 is 19.8 Å². The molecule has 1 heterocycles. The molecule has 16 heavy (non-hydrogen) atoms. The Morgan fingerprint density at radius 2 is 2.06 bits per heavy atom. The van der Waals surface area contributed by atoms with E-state index in [2.05, 4.69) is 11.9 Å². The summed E-state index contributed by atoms with van der Waals surface area (Å²) in [5.41, 5.74) is -0.937. The Bertz CT molecular complexity index is 433. The third kappa shape index (κ3) is 1.71. The number of allylic oxidation sites excluding steroid dienone is 4. The molecule has 1 aliphatic rings. The molecular formula is C11H13NO4. The largest absolute Gasteiger partial charge is 0.479 e. The second-order valence-corrected chi connectivity index (χ2v) is 3.72. The number of carboxylic acid groups (broad SMARTS) is 2. The number of rotatable bonds is 3. The van der Waals surface area contributed by atoms with Crippen LogP contribution in [0.15, 0.2) is 35.6 Å². The Hall–Kier alpha value is -2.04. The lowest BCUT2D eigenvalue weighted by Crippen LogP contribution is -2.53. The fraction of sp³-hybridized carbons (Fsp3) is 0.273. The SMILES string of the molecule is C=CC1=C(C(=O)O)C(C)(C(=O)O)NC(C)=C1. The van der Waals surface area contributed by atoms with E-state index in [4.69, 9.17) is 10.2 Å². The molecule has 3 N–H and O–H groups in total. The molecule has 0 saturated carbocycles. The fourth-order valence-electron chi connectivity index (χ4n) is 1.75. The Balaban J connectivity index is 3.50. The maximum absolute atomic E-state index is 11.2. The highest BCUT2D eigenvalue weighted by atomic mass is 16.4. The molecule has 1 rings (SSSR count). The summed E-state index contributed by atoms with van der Waals surface area (Å²) in [5.74, 6) is -2.51. The van der Waals surface area contributed by atoms with E-state index in [1.54, 1.807) is 13.0 Å². The molecular weight excluding hydrogens is 210 g/mol. The topological polar surface area (TPSA) is 86.6 Å². The lowest BCUT2D eigenvalue weighted by atomic mass is 9.84. The molecule has 0 aromatic heterocycles. The highest BCUT2D eigenvalue weighted by Crippen LogP contribution is 2.28. The van der Waals surface area contributed by atoms with Gasteiger partial charge in [-0.25, -0.2) is 9.59 Å². The van der Waals surface area contributed by atoms with Gasteiger partial charge in [-0.1, -0.05) is 12.7 Å². The lowest BCUT2D eigenvalue weighted by molar-refractivity contribution is -0.145. The van der Waals surface area contributed by atoms with Crippen LogP contribution in [0.3, 0.4) is 0 Å². The number of hydrogen-bond acceptors (Lipinski definition) is 3. The molecule has 5 heteroatoms. The third-order valence-corrected chi connectivity index (χ3v) is 2.47. The average Bonchev–Trinajstić information content (AvgIpc) is 2.15. The van der Waals surface area contributed by atoms with Gasteiger partial charge in [-0.3, -0.25) is 0 Å². The molecule has 0 aliphatic carbocycles. The Kier molecular flexibility index (Phi) is 2.89. The number of dihydropyridines is 1. The van der Waals surface area contributed by atoms with Crippen molar-refractivity contribution in [2.24, 2.45) is 0 Å². The van der Waals surface area contributed by atoms with E-state index in [0.29, 0.717) is 11.3 Å². The smallest absolute Gasteiger partial charge is 0.335 e. The molecule has 0 radical (unpaired) electrons. The van der Waals surface area contributed by atoms with Crippen LogP contribution in [-0.4, -0.2) is 27.7 Å². The lowest BCUT2D eigenvalue weighted by Gasteiger charge is -2.32. The van der Waals surface area contributed by atoms with Crippen LogP contribution in [0.25, 0.3) is 0 Å². The molecule has 0 saturated heterocycles. The summed E-state index contributed by atoms with van der Waals surface area (Å²) < 4.78 is 0. The second-order valence-electron chi connectivity index (χ2n) is 3.72. The van der Waals surface area contributed by atoms with Gasteiger partial charge in [0.2, 0.25) is 0 Å². The van der Waals surface area contributed by atoms with Crippen molar-refractivity contribution in [2.45, 2.75) is 19.4 Å². The van der Waals surface area contributed by atoms with Crippen molar-refractivity contribution in [1.82, 2.24) is 5.32 Å². The minimum Gasteiger partial charge on any atom is -0.479 e. The normalized spacial score (nSPS) is 24.5. The van der Waals surface area contributed by atoms with Gasteiger partial charge in [0, 0.05) is 5.70 Å². The first-order valence-corrected chi connectivity index (χ1v) is 4.63.